The lowest BCUT2D eigenvalue weighted by Gasteiger charge is -2.06. The zero-order valence-electron chi connectivity index (χ0n) is 12.0. The summed E-state index contributed by atoms with van der Waals surface area (Å²) in [6.07, 6.45) is 3.66. The molecule has 3 aromatic rings. The molecule has 1 amide bonds. The van der Waals surface area contributed by atoms with Crippen LogP contribution in [0.1, 0.15) is 5.69 Å². The van der Waals surface area contributed by atoms with Crippen LogP contribution in [-0.4, -0.2) is 21.9 Å². The molecule has 0 aliphatic heterocycles. The summed E-state index contributed by atoms with van der Waals surface area (Å²) in [4.78, 5) is 16.2. The van der Waals surface area contributed by atoms with E-state index in [2.05, 4.69) is 10.3 Å². The number of nitrogens with one attached hydrogen (secondary N) is 1. The fraction of sp³-hybridized carbons (Fsp3) is 0.125. The molecule has 118 valence electrons. The quantitative estimate of drug-likeness (QED) is 0.768. The van der Waals surface area contributed by atoms with Gasteiger partial charge in [0.15, 0.2) is 6.61 Å². The first-order chi connectivity index (χ1) is 11.1. The van der Waals surface area contributed by atoms with Gasteiger partial charge in [-0.3, -0.25) is 4.79 Å². The number of nitrogens with zero attached hydrogens (tertiary/aromatic N) is 2. The predicted molar refractivity (Wildman–Crippen MR) is 89.0 cm³/mol. The van der Waals surface area contributed by atoms with E-state index in [0.717, 1.165) is 11.3 Å². The van der Waals surface area contributed by atoms with Crippen molar-refractivity contribution in [3.8, 4) is 5.75 Å². The van der Waals surface area contributed by atoms with E-state index in [-0.39, 0.29) is 12.5 Å². The van der Waals surface area contributed by atoms with Crippen LogP contribution in [0.5, 0.6) is 5.75 Å². The van der Waals surface area contributed by atoms with Crippen LogP contribution in [-0.2, 0) is 11.3 Å². The zero-order chi connectivity index (χ0) is 16.2. The molecule has 0 bridgehead atoms. The molecule has 5 nitrogen and oxygen atoms in total. The van der Waals surface area contributed by atoms with E-state index < -0.39 is 0 Å². The molecule has 0 saturated carbocycles. The van der Waals surface area contributed by atoms with Crippen molar-refractivity contribution in [2.45, 2.75) is 6.54 Å². The molecule has 23 heavy (non-hydrogen) atoms. The standard InChI is InChI=1S/C16H13Cl2N3O2/c17-11-1-3-14(4-2-11)23-10-16(22)19-8-13-9-21-6-5-12(18)7-15(21)20-13/h1-7,9H,8,10H2,(H,19,22). The highest BCUT2D eigenvalue weighted by Gasteiger charge is 2.06. The summed E-state index contributed by atoms with van der Waals surface area (Å²) in [6.45, 7) is 0.253. The van der Waals surface area contributed by atoms with E-state index in [0.29, 0.717) is 22.3 Å². The Hall–Kier alpha value is -2.24. The first kappa shape index (κ1) is 15.6. The Morgan fingerprint density at radius 1 is 1.17 bits per heavy atom. The number of amides is 1. The lowest BCUT2D eigenvalue weighted by molar-refractivity contribution is -0.123. The van der Waals surface area contributed by atoms with Gasteiger partial charge in [0.25, 0.3) is 5.91 Å². The average molecular weight is 350 g/mol. The van der Waals surface area contributed by atoms with Crippen molar-refractivity contribution in [3.63, 3.8) is 0 Å². The lowest BCUT2D eigenvalue weighted by Crippen LogP contribution is -2.28. The second kappa shape index (κ2) is 6.89. The number of carbonyl (C=O) groups excluding carboxylic acids is 1. The Morgan fingerprint density at radius 3 is 2.74 bits per heavy atom. The van der Waals surface area contributed by atoms with Gasteiger partial charge in [0.2, 0.25) is 0 Å². The van der Waals surface area contributed by atoms with Gasteiger partial charge in [0.1, 0.15) is 11.4 Å². The van der Waals surface area contributed by atoms with Crippen LogP contribution in [0.3, 0.4) is 0 Å². The maximum Gasteiger partial charge on any atom is 0.258 e. The topological polar surface area (TPSA) is 55.6 Å². The molecule has 0 radical (unpaired) electrons. The van der Waals surface area contributed by atoms with Crippen molar-refractivity contribution >= 4 is 34.8 Å². The van der Waals surface area contributed by atoms with E-state index in [4.69, 9.17) is 27.9 Å². The van der Waals surface area contributed by atoms with Gasteiger partial charge in [0, 0.05) is 22.4 Å². The predicted octanol–water partition coefficient (Wildman–Crippen LogP) is 3.34. The van der Waals surface area contributed by atoms with Gasteiger partial charge >= 0.3 is 0 Å². The lowest BCUT2D eigenvalue weighted by atomic mass is 10.3. The summed E-state index contributed by atoms with van der Waals surface area (Å²) in [7, 11) is 0. The number of hydrogen-bond acceptors (Lipinski definition) is 3. The molecule has 7 heteroatoms. The first-order valence-corrected chi connectivity index (χ1v) is 7.64. The third kappa shape index (κ3) is 4.15. The van der Waals surface area contributed by atoms with Crippen LogP contribution in [0.15, 0.2) is 48.8 Å². The van der Waals surface area contributed by atoms with E-state index in [9.17, 15) is 4.79 Å². The Kier molecular flexibility index (Phi) is 4.69. The number of imidazole rings is 1. The third-order valence-electron chi connectivity index (χ3n) is 3.12. The summed E-state index contributed by atoms with van der Waals surface area (Å²) in [6, 6.07) is 10.4. The van der Waals surface area contributed by atoms with E-state index in [1.54, 1.807) is 36.4 Å². The van der Waals surface area contributed by atoms with Gasteiger partial charge < -0.3 is 14.5 Å². The van der Waals surface area contributed by atoms with Crippen molar-refractivity contribution in [3.05, 3.63) is 64.5 Å². The first-order valence-electron chi connectivity index (χ1n) is 6.88. The van der Waals surface area contributed by atoms with Crippen molar-refractivity contribution < 1.29 is 9.53 Å². The van der Waals surface area contributed by atoms with Crippen molar-refractivity contribution in [1.29, 1.82) is 0 Å². The van der Waals surface area contributed by atoms with E-state index in [1.807, 2.05) is 16.8 Å². The molecule has 2 aromatic heterocycles. The molecule has 0 aliphatic carbocycles. The Labute approximate surface area is 142 Å². The zero-order valence-corrected chi connectivity index (χ0v) is 13.5. The minimum Gasteiger partial charge on any atom is -0.484 e. The van der Waals surface area contributed by atoms with Gasteiger partial charge in [-0.25, -0.2) is 4.98 Å². The molecule has 0 saturated heterocycles. The van der Waals surface area contributed by atoms with E-state index >= 15 is 0 Å². The van der Waals surface area contributed by atoms with Crippen LogP contribution in [0.4, 0.5) is 0 Å². The monoisotopic (exact) mass is 349 g/mol. The SMILES string of the molecule is O=C(COc1ccc(Cl)cc1)NCc1cn2ccc(Cl)cc2n1. The molecule has 3 rings (SSSR count). The van der Waals surface area contributed by atoms with Crippen LogP contribution in [0, 0.1) is 0 Å². The number of benzene rings is 1. The molecular weight excluding hydrogens is 337 g/mol. The minimum atomic E-state index is -0.227. The minimum absolute atomic E-state index is 0.0686. The Bertz CT molecular complexity index is 831. The van der Waals surface area contributed by atoms with Crippen LogP contribution >= 0.6 is 23.2 Å². The number of rotatable bonds is 5. The maximum absolute atomic E-state index is 11.8. The molecular formula is C16H13Cl2N3O2. The van der Waals surface area contributed by atoms with E-state index in [1.165, 1.54) is 0 Å². The molecule has 0 fully saturated rings. The molecule has 2 heterocycles. The second-order valence-corrected chi connectivity index (χ2v) is 5.73. The smallest absolute Gasteiger partial charge is 0.258 e. The molecule has 0 spiro atoms. The van der Waals surface area contributed by atoms with Gasteiger partial charge in [-0.2, -0.15) is 0 Å². The number of halogens is 2. The number of carbonyl (C=O) groups is 1. The molecule has 0 aliphatic rings. The van der Waals surface area contributed by atoms with Gasteiger partial charge in [0.05, 0.1) is 12.2 Å². The Morgan fingerprint density at radius 2 is 1.96 bits per heavy atom. The highest BCUT2D eigenvalue weighted by molar-refractivity contribution is 6.31. The number of fused-ring (bicyclic) bond motifs is 1. The molecule has 0 atom stereocenters. The number of pyridine rings is 1. The van der Waals surface area contributed by atoms with Crippen molar-refractivity contribution in [1.82, 2.24) is 14.7 Å². The fourth-order valence-corrected chi connectivity index (χ4v) is 2.29. The molecule has 1 aromatic carbocycles. The Balaban J connectivity index is 1.52. The second-order valence-electron chi connectivity index (χ2n) is 4.86. The van der Waals surface area contributed by atoms with Crippen molar-refractivity contribution in [2.24, 2.45) is 0 Å². The summed E-state index contributed by atoms with van der Waals surface area (Å²) in [5.41, 5.74) is 1.48. The van der Waals surface area contributed by atoms with Crippen molar-refractivity contribution in [2.75, 3.05) is 6.61 Å². The third-order valence-corrected chi connectivity index (χ3v) is 3.61. The maximum atomic E-state index is 11.8. The summed E-state index contributed by atoms with van der Waals surface area (Å²) in [5, 5.41) is 4.00. The van der Waals surface area contributed by atoms with Gasteiger partial charge in [-0.15, -0.1) is 0 Å². The van der Waals surface area contributed by atoms with Crippen LogP contribution in [0.25, 0.3) is 5.65 Å². The summed E-state index contributed by atoms with van der Waals surface area (Å²) < 4.78 is 7.22. The number of hydrogen-bond donors (Lipinski definition) is 1. The fourth-order valence-electron chi connectivity index (χ4n) is 2.01. The molecule has 0 unspecified atom stereocenters. The highest BCUT2D eigenvalue weighted by atomic mass is 35.5. The normalized spacial score (nSPS) is 10.7. The van der Waals surface area contributed by atoms with Gasteiger partial charge in [-0.05, 0) is 36.4 Å². The largest absolute Gasteiger partial charge is 0.484 e. The number of ether oxygens (including phenoxy) is 1. The average Bonchev–Trinajstić information content (AvgIpc) is 2.94. The van der Waals surface area contributed by atoms with Gasteiger partial charge in [-0.1, -0.05) is 23.2 Å². The highest BCUT2D eigenvalue weighted by Crippen LogP contribution is 2.15. The number of aromatic nitrogens is 2. The molecule has 1 N–H and O–H groups in total. The van der Waals surface area contributed by atoms with Crippen LogP contribution < -0.4 is 10.1 Å². The summed E-state index contributed by atoms with van der Waals surface area (Å²) in [5.74, 6) is 0.363. The van der Waals surface area contributed by atoms with Crippen LogP contribution in [0.2, 0.25) is 10.0 Å². The summed E-state index contributed by atoms with van der Waals surface area (Å²) >= 11 is 11.7.